The molecule has 0 spiro atoms. The fourth-order valence-corrected chi connectivity index (χ4v) is 3.15. The first kappa shape index (κ1) is 18.4. The van der Waals surface area contributed by atoms with Gasteiger partial charge >= 0.3 is 6.01 Å². The molecule has 2 aromatic carbocycles. The van der Waals surface area contributed by atoms with Crippen molar-refractivity contribution in [1.29, 1.82) is 0 Å². The molecule has 136 valence electrons. The van der Waals surface area contributed by atoms with Gasteiger partial charge in [-0.3, -0.25) is 0 Å². The van der Waals surface area contributed by atoms with Crippen LogP contribution in [0.2, 0.25) is 0 Å². The largest absolute Gasteiger partial charge is 0.423 e. The van der Waals surface area contributed by atoms with Crippen LogP contribution in [0, 0.1) is 0 Å². The maximum atomic E-state index is 5.84. The van der Waals surface area contributed by atoms with Gasteiger partial charge in [0.25, 0.3) is 0 Å². The van der Waals surface area contributed by atoms with Gasteiger partial charge in [-0.2, -0.15) is 4.68 Å². The van der Waals surface area contributed by atoms with Crippen molar-refractivity contribution in [3.05, 3.63) is 60.2 Å². The molecular weight excluding hydrogens is 350 g/mol. The van der Waals surface area contributed by atoms with Crippen molar-refractivity contribution >= 4 is 12.4 Å². The fraction of sp³-hybridized carbons (Fsp3) is 0.316. The average Bonchev–Trinajstić information content (AvgIpc) is 3.34. The van der Waals surface area contributed by atoms with Gasteiger partial charge in [0.05, 0.1) is 5.69 Å². The summed E-state index contributed by atoms with van der Waals surface area (Å²) < 4.78 is 7.42. The number of para-hydroxylation sites is 1. The molecule has 0 amide bonds. The van der Waals surface area contributed by atoms with Gasteiger partial charge in [0.1, 0.15) is 5.75 Å². The summed E-state index contributed by atoms with van der Waals surface area (Å²) in [4.78, 5) is 0. The Balaban J connectivity index is 0.00000196. The summed E-state index contributed by atoms with van der Waals surface area (Å²) in [6.45, 7) is 0.896. The Morgan fingerprint density at radius 2 is 1.73 bits per heavy atom. The molecular formula is C19H22ClN5O. The van der Waals surface area contributed by atoms with Crippen LogP contribution in [0.5, 0.6) is 11.8 Å². The number of halogens is 1. The van der Waals surface area contributed by atoms with Crippen molar-refractivity contribution in [2.45, 2.75) is 38.3 Å². The third-order valence-corrected chi connectivity index (χ3v) is 4.52. The summed E-state index contributed by atoms with van der Waals surface area (Å²) in [5.41, 5.74) is 2.11. The van der Waals surface area contributed by atoms with E-state index in [0.29, 0.717) is 12.1 Å². The Hall–Kier alpha value is -2.44. The first-order valence-corrected chi connectivity index (χ1v) is 8.72. The molecule has 1 aliphatic rings. The third-order valence-electron chi connectivity index (χ3n) is 4.52. The molecule has 0 saturated heterocycles. The lowest BCUT2D eigenvalue weighted by atomic mass is 10.2. The average molecular weight is 372 g/mol. The van der Waals surface area contributed by atoms with Crippen LogP contribution in [0.1, 0.15) is 31.2 Å². The summed E-state index contributed by atoms with van der Waals surface area (Å²) >= 11 is 0. The number of hydrogen-bond acceptors (Lipinski definition) is 5. The number of aromatic nitrogens is 4. The van der Waals surface area contributed by atoms with Gasteiger partial charge in [-0.1, -0.05) is 48.3 Å². The van der Waals surface area contributed by atoms with Crippen LogP contribution < -0.4 is 10.1 Å². The van der Waals surface area contributed by atoms with E-state index < -0.39 is 0 Å². The minimum Gasteiger partial charge on any atom is -0.423 e. The highest BCUT2D eigenvalue weighted by atomic mass is 35.5. The van der Waals surface area contributed by atoms with Crippen molar-refractivity contribution in [1.82, 2.24) is 25.5 Å². The van der Waals surface area contributed by atoms with Gasteiger partial charge in [0.15, 0.2) is 0 Å². The van der Waals surface area contributed by atoms with Crippen molar-refractivity contribution < 1.29 is 4.74 Å². The van der Waals surface area contributed by atoms with Crippen LogP contribution in [0.4, 0.5) is 0 Å². The first-order valence-electron chi connectivity index (χ1n) is 8.72. The summed E-state index contributed by atoms with van der Waals surface area (Å²) in [5.74, 6) is 0.719. The quantitative estimate of drug-likeness (QED) is 0.711. The standard InChI is InChI=1S/C19H21N5O.ClH/c1-2-8-17(9-3-1)24-19(21-22-23-24)25-18-12-10-15(11-13-18)14-20-16-6-4-5-7-16;/h1-3,8-13,16,20H,4-7,14H2;1H. The maximum absolute atomic E-state index is 5.84. The molecule has 1 heterocycles. The topological polar surface area (TPSA) is 64.9 Å². The van der Waals surface area contributed by atoms with Crippen LogP contribution in [0.25, 0.3) is 5.69 Å². The molecule has 1 N–H and O–H groups in total. The molecule has 7 heteroatoms. The number of benzene rings is 2. The maximum Gasteiger partial charge on any atom is 0.345 e. The fourth-order valence-electron chi connectivity index (χ4n) is 3.15. The second-order valence-electron chi connectivity index (χ2n) is 6.32. The van der Waals surface area contributed by atoms with Crippen LogP contribution in [-0.2, 0) is 6.54 Å². The van der Waals surface area contributed by atoms with Crippen molar-refractivity contribution in [2.24, 2.45) is 0 Å². The van der Waals surface area contributed by atoms with Crippen LogP contribution in [-0.4, -0.2) is 26.2 Å². The lowest BCUT2D eigenvalue weighted by Gasteiger charge is -2.12. The van der Waals surface area contributed by atoms with E-state index in [-0.39, 0.29) is 12.4 Å². The van der Waals surface area contributed by atoms with Gasteiger partial charge in [0, 0.05) is 12.6 Å². The number of nitrogens with one attached hydrogen (secondary N) is 1. The Bertz CT molecular complexity index is 800. The van der Waals surface area contributed by atoms with E-state index in [1.165, 1.54) is 31.2 Å². The van der Waals surface area contributed by atoms with Gasteiger partial charge in [-0.15, -0.1) is 12.4 Å². The molecule has 0 aliphatic heterocycles. The molecule has 26 heavy (non-hydrogen) atoms. The zero-order valence-electron chi connectivity index (χ0n) is 14.4. The van der Waals surface area contributed by atoms with Crippen molar-refractivity contribution in [3.63, 3.8) is 0 Å². The number of ether oxygens (including phenoxy) is 1. The lowest BCUT2D eigenvalue weighted by molar-refractivity contribution is 0.427. The summed E-state index contributed by atoms with van der Waals surface area (Å²) in [5, 5.41) is 15.3. The monoisotopic (exact) mass is 371 g/mol. The first-order chi connectivity index (χ1) is 12.4. The normalized spacial score (nSPS) is 14.2. The number of rotatable bonds is 6. The molecule has 1 aromatic heterocycles. The number of tetrazole rings is 1. The highest BCUT2D eigenvalue weighted by Crippen LogP contribution is 2.22. The molecule has 0 atom stereocenters. The van der Waals surface area contributed by atoms with Crippen LogP contribution >= 0.6 is 12.4 Å². The van der Waals surface area contributed by atoms with Gasteiger partial charge in [0.2, 0.25) is 0 Å². The van der Waals surface area contributed by atoms with E-state index in [2.05, 4.69) is 33.0 Å². The summed E-state index contributed by atoms with van der Waals surface area (Å²) in [6.07, 6.45) is 5.29. The van der Waals surface area contributed by atoms with Crippen molar-refractivity contribution in [2.75, 3.05) is 0 Å². The second kappa shape index (κ2) is 8.78. The Kier molecular flexibility index (Phi) is 6.20. The van der Waals surface area contributed by atoms with E-state index in [0.717, 1.165) is 18.0 Å². The number of hydrogen-bond donors (Lipinski definition) is 1. The summed E-state index contributed by atoms with van der Waals surface area (Å²) in [7, 11) is 0. The van der Waals surface area contributed by atoms with Gasteiger partial charge in [-0.05, 0) is 53.1 Å². The lowest BCUT2D eigenvalue weighted by Crippen LogP contribution is -2.25. The highest BCUT2D eigenvalue weighted by molar-refractivity contribution is 5.85. The van der Waals surface area contributed by atoms with E-state index in [1.807, 2.05) is 42.5 Å². The molecule has 6 nitrogen and oxygen atoms in total. The Morgan fingerprint density at radius 3 is 2.46 bits per heavy atom. The van der Waals surface area contributed by atoms with Crippen LogP contribution in [0.3, 0.4) is 0 Å². The molecule has 1 aliphatic carbocycles. The van der Waals surface area contributed by atoms with Crippen molar-refractivity contribution in [3.8, 4) is 17.4 Å². The van der Waals surface area contributed by atoms with Gasteiger partial charge < -0.3 is 10.1 Å². The molecule has 0 bridgehead atoms. The molecule has 0 unspecified atom stereocenters. The third kappa shape index (κ3) is 4.39. The minimum absolute atomic E-state index is 0. The predicted molar refractivity (Wildman–Crippen MR) is 102 cm³/mol. The SMILES string of the molecule is Cl.c1ccc(-n2nnnc2Oc2ccc(CNC3CCCC3)cc2)cc1. The molecule has 1 fully saturated rings. The Labute approximate surface area is 159 Å². The van der Waals surface area contributed by atoms with Crippen LogP contribution in [0.15, 0.2) is 54.6 Å². The minimum atomic E-state index is 0. The zero-order chi connectivity index (χ0) is 16.9. The molecule has 1 saturated carbocycles. The second-order valence-corrected chi connectivity index (χ2v) is 6.32. The molecule has 3 aromatic rings. The van der Waals surface area contributed by atoms with E-state index >= 15 is 0 Å². The van der Waals surface area contributed by atoms with E-state index in [4.69, 9.17) is 4.74 Å². The zero-order valence-corrected chi connectivity index (χ0v) is 15.2. The van der Waals surface area contributed by atoms with E-state index in [9.17, 15) is 0 Å². The summed E-state index contributed by atoms with van der Waals surface area (Å²) in [6, 6.07) is 18.8. The van der Waals surface area contributed by atoms with E-state index in [1.54, 1.807) is 4.68 Å². The molecule has 0 radical (unpaired) electrons. The number of nitrogens with zero attached hydrogens (tertiary/aromatic N) is 4. The highest BCUT2D eigenvalue weighted by Gasteiger charge is 2.14. The molecule has 4 rings (SSSR count). The Morgan fingerprint density at radius 1 is 1.00 bits per heavy atom. The predicted octanol–water partition coefficient (Wildman–Crippen LogP) is 3.91. The smallest absolute Gasteiger partial charge is 0.345 e. The van der Waals surface area contributed by atoms with Gasteiger partial charge in [-0.25, -0.2) is 0 Å².